The fourth-order valence-corrected chi connectivity index (χ4v) is 4.35. The first-order valence-electron chi connectivity index (χ1n) is 7.29. The Morgan fingerprint density at radius 2 is 2.04 bits per heavy atom. The Balaban J connectivity index is 1.83. The molecule has 3 rings (SSSR count). The molecule has 1 fully saturated rings. The van der Waals surface area contributed by atoms with Crippen molar-refractivity contribution in [2.45, 2.75) is 30.3 Å². The third-order valence-electron chi connectivity index (χ3n) is 3.89. The second kappa shape index (κ2) is 6.13. The highest BCUT2D eigenvalue weighted by Crippen LogP contribution is 2.26. The third kappa shape index (κ3) is 3.13. The van der Waals surface area contributed by atoms with Gasteiger partial charge in [-0.2, -0.15) is 9.40 Å². The summed E-state index contributed by atoms with van der Waals surface area (Å²) in [6, 6.07) is 8.57. The molecule has 2 aromatic rings. The molecule has 1 aromatic carbocycles. The van der Waals surface area contributed by atoms with Crippen molar-refractivity contribution >= 4 is 16.0 Å². The number of aromatic nitrogens is 2. The van der Waals surface area contributed by atoms with Crippen LogP contribution in [0.1, 0.15) is 18.4 Å². The van der Waals surface area contributed by atoms with Crippen LogP contribution in [0.3, 0.4) is 0 Å². The van der Waals surface area contributed by atoms with Crippen LogP contribution >= 0.6 is 0 Å². The summed E-state index contributed by atoms with van der Waals surface area (Å²) < 4.78 is 27.8. The zero-order chi connectivity index (χ0) is 16.4. The van der Waals surface area contributed by atoms with Crippen molar-refractivity contribution in [3.63, 3.8) is 0 Å². The lowest BCUT2D eigenvalue weighted by Gasteiger charge is -2.19. The van der Waals surface area contributed by atoms with Gasteiger partial charge in [0.25, 0.3) is 0 Å². The van der Waals surface area contributed by atoms with Gasteiger partial charge in [0.2, 0.25) is 10.0 Å². The van der Waals surface area contributed by atoms with Gasteiger partial charge in [0.1, 0.15) is 10.9 Å². The van der Waals surface area contributed by atoms with E-state index in [0.717, 1.165) is 9.87 Å². The van der Waals surface area contributed by atoms with E-state index in [1.165, 1.54) is 17.1 Å². The van der Waals surface area contributed by atoms with Crippen LogP contribution in [0.2, 0.25) is 0 Å². The monoisotopic (exact) mass is 335 g/mol. The molecule has 1 aliphatic heterocycles. The summed E-state index contributed by atoms with van der Waals surface area (Å²) in [6.45, 7) is 0.682. The minimum Gasteiger partial charge on any atom is -0.480 e. The Morgan fingerprint density at radius 1 is 1.30 bits per heavy atom. The lowest BCUT2D eigenvalue weighted by molar-refractivity contribution is -0.140. The molecular formula is C15H17N3O4S. The number of hydrogen-bond acceptors (Lipinski definition) is 4. The first kappa shape index (κ1) is 15.7. The minimum atomic E-state index is -3.84. The average Bonchev–Trinajstić information content (AvgIpc) is 3.17. The number of rotatable bonds is 5. The van der Waals surface area contributed by atoms with Gasteiger partial charge in [0, 0.05) is 12.7 Å². The summed E-state index contributed by atoms with van der Waals surface area (Å²) in [5.41, 5.74) is 1.00. The molecule has 0 aliphatic carbocycles. The zero-order valence-electron chi connectivity index (χ0n) is 12.4. The van der Waals surface area contributed by atoms with Crippen LogP contribution in [0, 0.1) is 0 Å². The van der Waals surface area contributed by atoms with Gasteiger partial charge in [-0.3, -0.25) is 9.48 Å². The molecule has 0 saturated carbocycles. The normalized spacial score (nSPS) is 19.0. The number of carbonyl (C=O) groups is 1. The van der Waals surface area contributed by atoms with E-state index in [-0.39, 0.29) is 11.4 Å². The highest BCUT2D eigenvalue weighted by atomic mass is 32.2. The van der Waals surface area contributed by atoms with E-state index in [1.54, 1.807) is 0 Å². The lowest BCUT2D eigenvalue weighted by Crippen LogP contribution is -2.40. The van der Waals surface area contributed by atoms with Gasteiger partial charge < -0.3 is 5.11 Å². The van der Waals surface area contributed by atoms with Crippen LogP contribution in [0.4, 0.5) is 0 Å². The van der Waals surface area contributed by atoms with E-state index in [4.69, 9.17) is 5.11 Å². The molecule has 1 saturated heterocycles. The Bertz CT molecular complexity index is 801. The highest BCUT2D eigenvalue weighted by molar-refractivity contribution is 7.89. The van der Waals surface area contributed by atoms with Crippen molar-refractivity contribution in [3.05, 3.63) is 48.3 Å². The van der Waals surface area contributed by atoms with Crippen LogP contribution in [-0.2, 0) is 21.4 Å². The molecule has 2 heterocycles. The Labute approximate surface area is 134 Å². The largest absolute Gasteiger partial charge is 0.480 e. The molecule has 8 heteroatoms. The molecule has 1 aliphatic rings. The van der Waals surface area contributed by atoms with Gasteiger partial charge in [-0.1, -0.05) is 30.3 Å². The molecule has 0 bridgehead atoms. The molecule has 0 spiro atoms. The van der Waals surface area contributed by atoms with Crippen molar-refractivity contribution in [1.29, 1.82) is 0 Å². The Hall–Kier alpha value is -2.19. The van der Waals surface area contributed by atoms with Gasteiger partial charge in [-0.05, 0) is 18.4 Å². The summed E-state index contributed by atoms with van der Waals surface area (Å²) in [5.74, 6) is -1.11. The number of hydrogen-bond donors (Lipinski definition) is 1. The number of benzene rings is 1. The van der Waals surface area contributed by atoms with Crippen LogP contribution in [-0.4, -0.2) is 46.2 Å². The van der Waals surface area contributed by atoms with Crippen LogP contribution < -0.4 is 0 Å². The zero-order valence-corrected chi connectivity index (χ0v) is 13.2. The maximum absolute atomic E-state index is 12.6. The standard InChI is InChI=1S/C15H17N3O4S/c19-15(20)14-7-4-8-18(14)23(21,22)13-9-16-17(11-13)10-12-5-2-1-3-6-12/h1-3,5-6,9,11,14H,4,7-8,10H2,(H,19,20)/t14-/m0/s1. The molecule has 1 N–H and O–H groups in total. The predicted molar refractivity (Wildman–Crippen MR) is 82.3 cm³/mol. The number of nitrogens with zero attached hydrogens (tertiary/aromatic N) is 3. The molecule has 1 aromatic heterocycles. The summed E-state index contributed by atoms with van der Waals surface area (Å²) >= 11 is 0. The fourth-order valence-electron chi connectivity index (χ4n) is 2.74. The third-order valence-corrected chi connectivity index (χ3v) is 5.75. The van der Waals surface area contributed by atoms with Gasteiger partial charge in [-0.25, -0.2) is 8.42 Å². The van der Waals surface area contributed by atoms with Gasteiger partial charge in [0.05, 0.1) is 12.7 Å². The quantitative estimate of drug-likeness (QED) is 0.885. The molecular weight excluding hydrogens is 318 g/mol. The van der Waals surface area contributed by atoms with E-state index in [0.29, 0.717) is 19.4 Å². The molecule has 122 valence electrons. The maximum Gasteiger partial charge on any atom is 0.322 e. The maximum atomic E-state index is 12.6. The van der Waals surface area contributed by atoms with Crippen LogP contribution in [0.25, 0.3) is 0 Å². The van der Waals surface area contributed by atoms with Crippen molar-refractivity contribution in [2.24, 2.45) is 0 Å². The lowest BCUT2D eigenvalue weighted by atomic mass is 10.2. The second-order valence-electron chi connectivity index (χ2n) is 5.47. The number of carboxylic acids is 1. The van der Waals surface area contributed by atoms with E-state index in [1.807, 2.05) is 30.3 Å². The molecule has 0 radical (unpaired) electrons. The van der Waals surface area contributed by atoms with Crippen molar-refractivity contribution in [2.75, 3.05) is 6.54 Å². The van der Waals surface area contributed by atoms with Crippen molar-refractivity contribution in [3.8, 4) is 0 Å². The van der Waals surface area contributed by atoms with Crippen LogP contribution in [0.5, 0.6) is 0 Å². The topological polar surface area (TPSA) is 92.5 Å². The highest BCUT2D eigenvalue weighted by Gasteiger charge is 2.39. The van der Waals surface area contributed by atoms with E-state index in [9.17, 15) is 13.2 Å². The molecule has 23 heavy (non-hydrogen) atoms. The van der Waals surface area contributed by atoms with Gasteiger partial charge in [0.15, 0.2) is 0 Å². The SMILES string of the molecule is O=C(O)[C@@H]1CCCN1S(=O)(=O)c1cnn(Cc2ccccc2)c1. The van der Waals surface area contributed by atoms with Crippen molar-refractivity contribution in [1.82, 2.24) is 14.1 Å². The summed E-state index contributed by atoms with van der Waals surface area (Å²) in [7, 11) is -3.84. The average molecular weight is 335 g/mol. The first-order chi connectivity index (χ1) is 11.0. The Kier molecular flexibility index (Phi) is 4.18. The molecule has 0 amide bonds. The predicted octanol–water partition coefficient (Wildman–Crippen LogP) is 1.17. The molecule has 7 nitrogen and oxygen atoms in total. The first-order valence-corrected chi connectivity index (χ1v) is 8.73. The van der Waals surface area contributed by atoms with Crippen molar-refractivity contribution < 1.29 is 18.3 Å². The molecule has 1 atom stereocenters. The Morgan fingerprint density at radius 3 is 2.74 bits per heavy atom. The number of sulfonamides is 1. The second-order valence-corrected chi connectivity index (χ2v) is 7.36. The van der Waals surface area contributed by atoms with Crippen LogP contribution in [0.15, 0.2) is 47.6 Å². The number of aliphatic carboxylic acids is 1. The number of carboxylic acid groups (broad SMARTS) is 1. The van der Waals surface area contributed by atoms with E-state index < -0.39 is 22.0 Å². The van der Waals surface area contributed by atoms with Gasteiger partial charge in [-0.15, -0.1) is 0 Å². The van der Waals surface area contributed by atoms with Gasteiger partial charge >= 0.3 is 5.97 Å². The summed E-state index contributed by atoms with van der Waals surface area (Å²) in [6.07, 6.45) is 3.61. The van der Waals surface area contributed by atoms with E-state index in [2.05, 4.69) is 5.10 Å². The summed E-state index contributed by atoms with van der Waals surface area (Å²) in [4.78, 5) is 11.2. The minimum absolute atomic E-state index is 0.0292. The van der Waals surface area contributed by atoms with E-state index >= 15 is 0 Å². The fraction of sp³-hybridized carbons (Fsp3) is 0.333. The summed E-state index contributed by atoms with van der Waals surface area (Å²) in [5, 5.41) is 13.2. The smallest absolute Gasteiger partial charge is 0.322 e. The molecule has 0 unspecified atom stereocenters.